The van der Waals surface area contributed by atoms with Crippen molar-refractivity contribution in [1.82, 2.24) is 0 Å². The van der Waals surface area contributed by atoms with Crippen molar-refractivity contribution in [3.63, 3.8) is 0 Å². The van der Waals surface area contributed by atoms with Gasteiger partial charge >= 0.3 is 0 Å². The SMILES string of the molecule is CC(C)(COCc1cccc(Sc2ccccc2)c1)c1ccc(Cl)cc1. The highest BCUT2D eigenvalue weighted by Gasteiger charge is 2.20. The highest BCUT2D eigenvalue weighted by Crippen LogP contribution is 2.29. The molecule has 0 bridgehead atoms. The number of hydrogen-bond donors (Lipinski definition) is 0. The lowest BCUT2D eigenvalue weighted by Gasteiger charge is -2.25. The van der Waals surface area contributed by atoms with Crippen LogP contribution in [0.1, 0.15) is 25.0 Å². The van der Waals surface area contributed by atoms with Gasteiger partial charge in [-0.1, -0.05) is 79.7 Å². The average Bonchev–Trinajstić information content (AvgIpc) is 2.63. The Hall–Kier alpha value is -1.74. The second-order valence-corrected chi connectivity index (χ2v) is 8.53. The van der Waals surface area contributed by atoms with Gasteiger partial charge in [0, 0.05) is 20.2 Å². The van der Waals surface area contributed by atoms with Gasteiger partial charge < -0.3 is 4.74 Å². The van der Waals surface area contributed by atoms with Crippen LogP contribution in [0.3, 0.4) is 0 Å². The summed E-state index contributed by atoms with van der Waals surface area (Å²) >= 11 is 7.76. The fourth-order valence-electron chi connectivity index (χ4n) is 2.73. The molecule has 0 aliphatic carbocycles. The van der Waals surface area contributed by atoms with E-state index < -0.39 is 0 Å². The third kappa shape index (κ3) is 5.38. The Kier molecular flexibility index (Phi) is 6.42. The Morgan fingerprint density at radius 3 is 2.27 bits per heavy atom. The molecule has 0 N–H and O–H groups in total. The second-order valence-electron chi connectivity index (χ2n) is 6.95. The summed E-state index contributed by atoms with van der Waals surface area (Å²) in [5.41, 5.74) is 2.37. The third-order valence-electron chi connectivity index (χ3n) is 4.23. The van der Waals surface area contributed by atoms with Gasteiger partial charge in [0.1, 0.15) is 0 Å². The summed E-state index contributed by atoms with van der Waals surface area (Å²) in [4.78, 5) is 2.48. The molecular weight excluding hydrogens is 360 g/mol. The van der Waals surface area contributed by atoms with E-state index in [1.165, 1.54) is 20.9 Å². The first-order valence-electron chi connectivity index (χ1n) is 8.69. The molecule has 3 aromatic carbocycles. The number of benzene rings is 3. The third-order valence-corrected chi connectivity index (χ3v) is 5.48. The molecule has 0 aliphatic heterocycles. The molecule has 0 amide bonds. The molecule has 0 heterocycles. The normalized spacial score (nSPS) is 11.5. The molecular formula is C23H23ClOS. The van der Waals surface area contributed by atoms with E-state index in [1.807, 2.05) is 18.2 Å². The maximum atomic E-state index is 6.03. The smallest absolute Gasteiger partial charge is 0.0717 e. The molecule has 134 valence electrons. The van der Waals surface area contributed by atoms with Crippen LogP contribution in [0.25, 0.3) is 0 Å². The maximum absolute atomic E-state index is 6.03. The van der Waals surface area contributed by atoms with Crippen LogP contribution in [0.5, 0.6) is 0 Å². The number of ether oxygens (including phenoxy) is 1. The molecule has 0 radical (unpaired) electrons. The maximum Gasteiger partial charge on any atom is 0.0717 e. The zero-order chi connectivity index (χ0) is 18.4. The first kappa shape index (κ1) is 19.0. The topological polar surface area (TPSA) is 9.23 Å². The van der Waals surface area contributed by atoms with Crippen molar-refractivity contribution in [1.29, 1.82) is 0 Å². The molecule has 3 heteroatoms. The predicted molar refractivity (Wildman–Crippen MR) is 111 cm³/mol. The van der Waals surface area contributed by atoms with Crippen molar-refractivity contribution in [2.45, 2.75) is 35.7 Å². The van der Waals surface area contributed by atoms with Crippen LogP contribution in [0.4, 0.5) is 0 Å². The van der Waals surface area contributed by atoms with E-state index in [9.17, 15) is 0 Å². The number of halogens is 1. The van der Waals surface area contributed by atoms with Crippen LogP contribution in [0.2, 0.25) is 5.02 Å². The van der Waals surface area contributed by atoms with E-state index in [-0.39, 0.29) is 5.41 Å². The highest BCUT2D eigenvalue weighted by molar-refractivity contribution is 7.99. The van der Waals surface area contributed by atoms with E-state index in [2.05, 4.69) is 74.5 Å². The van der Waals surface area contributed by atoms with Crippen molar-refractivity contribution in [3.05, 3.63) is 95.0 Å². The summed E-state index contributed by atoms with van der Waals surface area (Å²) in [5, 5.41) is 0.762. The van der Waals surface area contributed by atoms with Gasteiger partial charge in [0.2, 0.25) is 0 Å². The summed E-state index contributed by atoms with van der Waals surface area (Å²) in [6, 6.07) is 27.0. The summed E-state index contributed by atoms with van der Waals surface area (Å²) in [6.07, 6.45) is 0. The van der Waals surface area contributed by atoms with E-state index in [0.29, 0.717) is 13.2 Å². The molecule has 0 aromatic heterocycles. The van der Waals surface area contributed by atoms with Gasteiger partial charge in [-0.2, -0.15) is 0 Å². The van der Waals surface area contributed by atoms with Crippen LogP contribution in [0, 0.1) is 0 Å². The monoisotopic (exact) mass is 382 g/mol. The van der Waals surface area contributed by atoms with Gasteiger partial charge in [-0.05, 0) is 47.5 Å². The van der Waals surface area contributed by atoms with E-state index in [1.54, 1.807) is 11.8 Å². The first-order chi connectivity index (χ1) is 12.5. The molecule has 0 unspecified atom stereocenters. The molecule has 0 aliphatic rings. The number of rotatable bonds is 7. The molecule has 0 fully saturated rings. The van der Waals surface area contributed by atoms with Crippen molar-refractivity contribution in [2.75, 3.05) is 6.61 Å². The summed E-state index contributed by atoms with van der Waals surface area (Å²) in [5.74, 6) is 0. The van der Waals surface area contributed by atoms with Gasteiger partial charge in [0.25, 0.3) is 0 Å². The molecule has 0 saturated heterocycles. The molecule has 0 atom stereocenters. The summed E-state index contributed by atoms with van der Waals surface area (Å²) in [7, 11) is 0. The second kappa shape index (κ2) is 8.77. The molecule has 0 saturated carbocycles. The Labute approximate surface area is 165 Å². The van der Waals surface area contributed by atoms with Crippen molar-refractivity contribution >= 4 is 23.4 Å². The van der Waals surface area contributed by atoms with Gasteiger partial charge in [-0.3, -0.25) is 0 Å². The van der Waals surface area contributed by atoms with Crippen LogP contribution in [0.15, 0.2) is 88.7 Å². The van der Waals surface area contributed by atoms with Gasteiger partial charge in [0.05, 0.1) is 13.2 Å². The zero-order valence-electron chi connectivity index (χ0n) is 15.1. The average molecular weight is 383 g/mol. The highest BCUT2D eigenvalue weighted by atomic mass is 35.5. The molecule has 3 rings (SSSR count). The standard InChI is InChI=1S/C23H23ClOS/c1-23(2,19-11-13-20(24)14-12-19)17-25-16-18-7-6-10-22(15-18)26-21-8-4-3-5-9-21/h3-15H,16-17H2,1-2H3. The zero-order valence-corrected chi connectivity index (χ0v) is 16.7. The van der Waals surface area contributed by atoms with Crippen LogP contribution in [-0.2, 0) is 16.8 Å². The minimum atomic E-state index is -0.0546. The van der Waals surface area contributed by atoms with E-state index >= 15 is 0 Å². The Balaban J connectivity index is 1.58. The largest absolute Gasteiger partial charge is 0.376 e. The molecule has 3 aromatic rings. The van der Waals surface area contributed by atoms with Crippen molar-refractivity contribution in [2.24, 2.45) is 0 Å². The van der Waals surface area contributed by atoms with Crippen LogP contribution in [-0.4, -0.2) is 6.61 Å². The minimum absolute atomic E-state index is 0.0546. The minimum Gasteiger partial charge on any atom is -0.376 e. The lowest BCUT2D eigenvalue weighted by molar-refractivity contribution is 0.0824. The fourth-order valence-corrected chi connectivity index (χ4v) is 3.78. The lowest BCUT2D eigenvalue weighted by Crippen LogP contribution is -2.24. The Morgan fingerprint density at radius 2 is 1.54 bits per heavy atom. The van der Waals surface area contributed by atoms with E-state index in [4.69, 9.17) is 16.3 Å². The quantitative estimate of drug-likeness (QED) is 0.435. The van der Waals surface area contributed by atoms with Gasteiger partial charge in [0.15, 0.2) is 0 Å². The summed E-state index contributed by atoms with van der Waals surface area (Å²) < 4.78 is 6.03. The molecule has 0 spiro atoms. The van der Waals surface area contributed by atoms with Crippen molar-refractivity contribution < 1.29 is 4.74 Å². The fraction of sp³-hybridized carbons (Fsp3) is 0.217. The molecule has 26 heavy (non-hydrogen) atoms. The Morgan fingerprint density at radius 1 is 0.846 bits per heavy atom. The molecule has 1 nitrogen and oxygen atoms in total. The van der Waals surface area contributed by atoms with Crippen LogP contribution >= 0.6 is 23.4 Å². The predicted octanol–water partition coefficient (Wildman–Crippen LogP) is 6.99. The van der Waals surface area contributed by atoms with Crippen molar-refractivity contribution in [3.8, 4) is 0 Å². The first-order valence-corrected chi connectivity index (χ1v) is 9.88. The number of hydrogen-bond acceptors (Lipinski definition) is 2. The Bertz CT molecular complexity index is 828. The van der Waals surface area contributed by atoms with Gasteiger partial charge in [-0.15, -0.1) is 0 Å². The van der Waals surface area contributed by atoms with Crippen LogP contribution < -0.4 is 0 Å². The summed E-state index contributed by atoms with van der Waals surface area (Å²) in [6.45, 7) is 5.65. The van der Waals surface area contributed by atoms with Gasteiger partial charge in [-0.25, -0.2) is 0 Å². The lowest BCUT2D eigenvalue weighted by atomic mass is 9.86. The van der Waals surface area contributed by atoms with E-state index in [0.717, 1.165) is 5.02 Å².